The number of rotatable bonds is 8. The van der Waals surface area contributed by atoms with Gasteiger partial charge in [-0.15, -0.1) is 0 Å². The zero-order valence-electron chi connectivity index (χ0n) is 19.6. The van der Waals surface area contributed by atoms with Crippen molar-refractivity contribution < 1.29 is 9.53 Å². The van der Waals surface area contributed by atoms with Gasteiger partial charge in [0.05, 0.1) is 12.4 Å². The fraction of sp³-hybridized carbons (Fsp3) is 0.280. The Labute approximate surface area is 206 Å². The van der Waals surface area contributed by atoms with Gasteiger partial charge in [0.25, 0.3) is 5.56 Å². The third kappa shape index (κ3) is 5.14. The lowest BCUT2D eigenvalue weighted by molar-refractivity contribution is -0.122. The van der Waals surface area contributed by atoms with Crippen LogP contribution in [0.1, 0.15) is 24.9 Å². The molecule has 2 aromatic heterocycles. The van der Waals surface area contributed by atoms with Crippen molar-refractivity contribution in [1.29, 1.82) is 0 Å². The van der Waals surface area contributed by atoms with Crippen LogP contribution in [-0.2, 0) is 25.4 Å². The minimum absolute atomic E-state index is 0.106. The van der Waals surface area contributed by atoms with Crippen molar-refractivity contribution in [2.45, 2.75) is 32.0 Å². The summed E-state index contributed by atoms with van der Waals surface area (Å²) in [4.78, 5) is 42.0. The highest BCUT2D eigenvalue weighted by Crippen LogP contribution is 2.23. The molecule has 35 heavy (non-hydrogen) atoms. The molecule has 182 valence electrons. The largest absolute Gasteiger partial charge is 0.488 e. The zero-order chi connectivity index (χ0) is 25.1. The first kappa shape index (κ1) is 24.3. The molecule has 1 N–H and O–H groups in total. The summed E-state index contributed by atoms with van der Waals surface area (Å²) in [6.07, 6.45) is 1.20. The van der Waals surface area contributed by atoms with E-state index in [1.165, 1.54) is 17.9 Å². The van der Waals surface area contributed by atoms with Gasteiger partial charge in [-0.05, 0) is 36.8 Å². The van der Waals surface area contributed by atoms with Crippen LogP contribution in [-0.4, -0.2) is 30.7 Å². The number of hydrogen-bond acceptors (Lipinski definition) is 5. The number of aryl methyl sites for hydroxylation is 2. The molecule has 2 unspecified atom stereocenters. The van der Waals surface area contributed by atoms with Gasteiger partial charge in [-0.2, -0.15) is 0 Å². The molecule has 0 aliphatic carbocycles. The van der Waals surface area contributed by atoms with Crippen molar-refractivity contribution in [2.75, 3.05) is 0 Å². The highest BCUT2D eigenvalue weighted by atomic mass is 35.5. The number of aromatic nitrogens is 4. The van der Waals surface area contributed by atoms with Crippen molar-refractivity contribution in [3.8, 4) is 5.75 Å². The summed E-state index contributed by atoms with van der Waals surface area (Å²) in [6.45, 7) is 2.11. The predicted octanol–water partition coefficient (Wildman–Crippen LogP) is 2.80. The fourth-order valence-corrected chi connectivity index (χ4v) is 4.09. The van der Waals surface area contributed by atoms with E-state index in [2.05, 4.69) is 10.3 Å². The van der Waals surface area contributed by atoms with E-state index in [4.69, 9.17) is 16.3 Å². The molecule has 0 spiro atoms. The Bertz CT molecular complexity index is 1460. The Kier molecular flexibility index (Phi) is 7.07. The number of carbonyl (C=O) groups is 1. The van der Waals surface area contributed by atoms with Gasteiger partial charge in [0, 0.05) is 32.1 Å². The maximum atomic E-state index is 13.0. The SMILES string of the molecule is CC(Oc1ccc(Cl)cc1)C(NC(=O)CCn1cnc2c1c(=O)n(C)c(=O)n2C)c1ccccc1. The molecule has 10 heteroatoms. The number of hydrogen-bond donors (Lipinski definition) is 1. The summed E-state index contributed by atoms with van der Waals surface area (Å²) in [5, 5.41) is 3.67. The minimum atomic E-state index is -0.453. The van der Waals surface area contributed by atoms with Crippen LogP contribution < -0.4 is 21.3 Å². The highest BCUT2D eigenvalue weighted by molar-refractivity contribution is 6.30. The summed E-state index contributed by atoms with van der Waals surface area (Å²) in [5.74, 6) is 0.428. The number of fused-ring (bicyclic) bond motifs is 1. The molecule has 2 atom stereocenters. The number of carbonyl (C=O) groups excluding carboxylic acids is 1. The molecular weight excluding hydrogens is 470 g/mol. The van der Waals surface area contributed by atoms with Crippen molar-refractivity contribution in [3.05, 3.63) is 92.3 Å². The molecule has 0 radical (unpaired) electrons. The van der Waals surface area contributed by atoms with Crippen LogP contribution in [0, 0.1) is 0 Å². The van der Waals surface area contributed by atoms with Crippen molar-refractivity contribution in [2.24, 2.45) is 14.1 Å². The van der Waals surface area contributed by atoms with Crippen LogP contribution in [0.4, 0.5) is 0 Å². The van der Waals surface area contributed by atoms with Gasteiger partial charge in [-0.1, -0.05) is 41.9 Å². The van der Waals surface area contributed by atoms with Crippen LogP contribution in [0.25, 0.3) is 11.2 Å². The molecule has 4 aromatic rings. The fourth-order valence-electron chi connectivity index (χ4n) is 3.96. The monoisotopic (exact) mass is 495 g/mol. The maximum Gasteiger partial charge on any atom is 0.332 e. The van der Waals surface area contributed by atoms with Crippen LogP contribution >= 0.6 is 11.6 Å². The molecule has 1 amide bonds. The van der Waals surface area contributed by atoms with Gasteiger partial charge in [0.15, 0.2) is 11.2 Å². The first-order valence-electron chi connectivity index (χ1n) is 11.1. The molecule has 0 aliphatic rings. The highest BCUT2D eigenvalue weighted by Gasteiger charge is 2.23. The quantitative estimate of drug-likeness (QED) is 0.405. The molecule has 4 rings (SSSR count). The van der Waals surface area contributed by atoms with E-state index in [-0.39, 0.29) is 36.1 Å². The average molecular weight is 496 g/mol. The van der Waals surface area contributed by atoms with Crippen molar-refractivity contribution in [1.82, 2.24) is 24.0 Å². The summed E-state index contributed by atoms with van der Waals surface area (Å²) in [5.41, 5.74) is 0.561. The molecule has 2 aromatic carbocycles. The first-order valence-corrected chi connectivity index (χ1v) is 11.5. The molecule has 0 bridgehead atoms. The van der Waals surface area contributed by atoms with Gasteiger partial charge >= 0.3 is 5.69 Å². The number of nitrogens with zero attached hydrogens (tertiary/aromatic N) is 4. The standard InChI is InChI=1S/C25H26ClN5O4/c1-16(35-19-11-9-18(26)10-12-19)21(17-7-5-4-6-8-17)28-20(32)13-14-31-15-27-23-22(31)24(33)30(3)25(34)29(23)2/h4-12,15-16,21H,13-14H2,1-3H3,(H,28,32). The second-order valence-corrected chi connectivity index (χ2v) is 8.74. The number of halogens is 1. The molecule has 2 heterocycles. The lowest BCUT2D eigenvalue weighted by Crippen LogP contribution is -2.38. The van der Waals surface area contributed by atoms with E-state index < -0.39 is 17.3 Å². The molecular formula is C25H26ClN5O4. The van der Waals surface area contributed by atoms with Gasteiger partial charge in [0.1, 0.15) is 11.9 Å². The smallest absolute Gasteiger partial charge is 0.332 e. The topological polar surface area (TPSA) is 100 Å². The molecule has 0 saturated heterocycles. The Hall–Kier alpha value is -3.85. The van der Waals surface area contributed by atoms with E-state index in [1.807, 2.05) is 37.3 Å². The summed E-state index contributed by atoms with van der Waals surface area (Å²) in [7, 11) is 2.97. The Balaban J connectivity index is 1.51. The normalized spacial score (nSPS) is 12.9. The Morgan fingerprint density at radius 2 is 1.74 bits per heavy atom. The number of nitrogens with one attached hydrogen (secondary N) is 1. The second kappa shape index (κ2) is 10.2. The van der Waals surface area contributed by atoms with E-state index in [0.29, 0.717) is 10.8 Å². The number of benzene rings is 2. The second-order valence-electron chi connectivity index (χ2n) is 8.30. The minimum Gasteiger partial charge on any atom is -0.488 e. The third-order valence-corrected chi connectivity index (χ3v) is 6.13. The average Bonchev–Trinajstić information content (AvgIpc) is 3.29. The van der Waals surface area contributed by atoms with Gasteiger partial charge in [-0.25, -0.2) is 9.78 Å². The summed E-state index contributed by atoms with van der Waals surface area (Å²) < 4.78 is 10.0. The number of ether oxygens (including phenoxy) is 1. The lowest BCUT2D eigenvalue weighted by atomic mass is 10.0. The predicted molar refractivity (Wildman–Crippen MR) is 134 cm³/mol. The molecule has 9 nitrogen and oxygen atoms in total. The number of amides is 1. The summed E-state index contributed by atoms with van der Waals surface area (Å²) >= 11 is 5.97. The lowest BCUT2D eigenvalue weighted by Gasteiger charge is -2.26. The van der Waals surface area contributed by atoms with E-state index in [1.54, 1.807) is 35.9 Å². The van der Waals surface area contributed by atoms with Gasteiger partial charge in [-0.3, -0.25) is 18.7 Å². The van der Waals surface area contributed by atoms with Crippen LogP contribution in [0.2, 0.25) is 5.02 Å². The molecule has 0 saturated carbocycles. The van der Waals surface area contributed by atoms with Gasteiger partial charge < -0.3 is 14.6 Å². The number of imidazole rings is 1. The first-order chi connectivity index (χ1) is 16.8. The van der Waals surface area contributed by atoms with E-state index >= 15 is 0 Å². The zero-order valence-corrected chi connectivity index (χ0v) is 20.4. The van der Waals surface area contributed by atoms with Crippen LogP contribution in [0.15, 0.2) is 70.5 Å². The van der Waals surface area contributed by atoms with Gasteiger partial charge in [0.2, 0.25) is 5.91 Å². The van der Waals surface area contributed by atoms with E-state index in [0.717, 1.165) is 10.1 Å². The molecule has 0 aliphatic heterocycles. The van der Waals surface area contributed by atoms with E-state index in [9.17, 15) is 14.4 Å². The van der Waals surface area contributed by atoms with Crippen molar-refractivity contribution in [3.63, 3.8) is 0 Å². The van der Waals surface area contributed by atoms with Crippen LogP contribution in [0.3, 0.4) is 0 Å². The maximum absolute atomic E-state index is 13.0. The Morgan fingerprint density at radius 1 is 1.06 bits per heavy atom. The van der Waals surface area contributed by atoms with Crippen molar-refractivity contribution >= 4 is 28.7 Å². The Morgan fingerprint density at radius 3 is 2.43 bits per heavy atom. The third-order valence-electron chi connectivity index (χ3n) is 5.88. The molecule has 0 fully saturated rings. The summed E-state index contributed by atoms with van der Waals surface area (Å²) in [6, 6.07) is 16.2. The van der Waals surface area contributed by atoms with Crippen LogP contribution in [0.5, 0.6) is 5.75 Å².